The molecular weight excluding hydrogens is 238 g/mol. The highest BCUT2D eigenvalue weighted by atomic mass is 16.2. The summed E-state index contributed by atoms with van der Waals surface area (Å²) in [5.41, 5.74) is 5.91. The van der Waals surface area contributed by atoms with E-state index in [0.29, 0.717) is 11.8 Å². The van der Waals surface area contributed by atoms with Crippen molar-refractivity contribution < 1.29 is 4.79 Å². The second kappa shape index (κ2) is 6.71. The van der Waals surface area contributed by atoms with Crippen LogP contribution in [0, 0.1) is 11.8 Å². The second-order valence-electron chi connectivity index (χ2n) is 6.19. The Labute approximate surface area is 117 Å². The number of likely N-dealkylation sites (tertiary alicyclic amines) is 1. The van der Waals surface area contributed by atoms with E-state index < -0.39 is 0 Å². The molecule has 1 saturated heterocycles. The summed E-state index contributed by atoms with van der Waals surface area (Å²) >= 11 is 0. The minimum atomic E-state index is 0.210. The molecule has 1 heterocycles. The lowest BCUT2D eigenvalue weighted by Crippen LogP contribution is -2.36. The molecule has 4 nitrogen and oxygen atoms in total. The van der Waals surface area contributed by atoms with Crippen molar-refractivity contribution in [1.82, 2.24) is 9.80 Å². The van der Waals surface area contributed by atoms with Crippen LogP contribution in [0.3, 0.4) is 0 Å². The zero-order valence-corrected chi connectivity index (χ0v) is 12.5. The summed E-state index contributed by atoms with van der Waals surface area (Å²) < 4.78 is 0. The van der Waals surface area contributed by atoms with Gasteiger partial charge < -0.3 is 15.5 Å². The second-order valence-corrected chi connectivity index (χ2v) is 6.19. The zero-order chi connectivity index (χ0) is 13.8. The summed E-state index contributed by atoms with van der Waals surface area (Å²) in [5.74, 6) is 1.25. The van der Waals surface area contributed by atoms with Crippen molar-refractivity contribution in [3.63, 3.8) is 0 Å². The van der Waals surface area contributed by atoms with E-state index in [2.05, 4.69) is 23.6 Å². The Morgan fingerprint density at radius 3 is 2.58 bits per heavy atom. The number of hydrogen-bond acceptors (Lipinski definition) is 3. The zero-order valence-electron chi connectivity index (χ0n) is 12.5. The van der Waals surface area contributed by atoms with Gasteiger partial charge >= 0.3 is 0 Å². The van der Waals surface area contributed by atoms with Gasteiger partial charge in [0.1, 0.15) is 0 Å². The first kappa shape index (κ1) is 14.8. The number of nitrogens with two attached hydrogens (primary N) is 1. The van der Waals surface area contributed by atoms with Crippen molar-refractivity contribution in [3.8, 4) is 0 Å². The fourth-order valence-corrected chi connectivity index (χ4v) is 3.53. The fourth-order valence-electron chi connectivity index (χ4n) is 3.53. The molecule has 0 aromatic heterocycles. The van der Waals surface area contributed by atoms with E-state index in [4.69, 9.17) is 5.73 Å². The van der Waals surface area contributed by atoms with Gasteiger partial charge in [-0.05, 0) is 44.7 Å². The highest BCUT2D eigenvalue weighted by Crippen LogP contribution is 2.28. The molecule has 2 N–H and O–H groups in total. The molecule has 1 amide bonds. The molecule has 3 atom stereocenters. The first-order chi connectivity index (χ1) is 9.13. The van der Waals surface area contributed by atoms with Gasteiger partial charge in [-0.15, -0.1) is 0 Å². The van der Waals surface area contributed by atoms with Crippen molar-refractivity contribution in [2.45, 2.75) is 45.6 Å². The number of carbonyl (C=O) groups is 1. The van der Waals surface area contributed by atoms with Gasteiger partial charge in [0.25, 0.3) is 0 Å². The third kappa shape index (κ3) is 3.69. The first-order valence-corrected chi connectivity index (χ1v) is 7.90. The van der Waals surface area contributed by atoms with Crippen LogP contribution in [0.25, 0.3) is 0 Å². The molecule has 1 saturated carbocycles. The summed E-state index contributed by atoms with van der Waals surface area (Å²) in [4.78, 5) is 17.0. The average Bonchev–Trinajstić information content (AvgIpc) is 3.04. The predicted molar refractivity (Wildman–Crippen MR) is 77.8 cm³/mol. The Balaban J connectivity index is 1.79. The molecule has 19 heavy (non-hydrogen) atoms. The largest absolute Gasteiger partial charge is 0.342 e. The maximum absolute atomic E-state index is 12.4. The van der Waals surface area contributed by atoms with Crippen LogP contribution in [0.5, 0.6) is 0 Å². The molecule has 2 aliphatic rings. The predicted octanol–water partition coefficient (Wildman–Crippen LogP) is 1.30. The Morgan fingerprint density at radius 1 is 1.26 bits per heavy atom. The van der Waals surface area contributed by atoms with Crippen LogP contribution in [0.4, 0.5) is 0 Å². The summed E-state index contributed by atoms with van der Waals surface area (Å²) in [5, 5.41) is 0. The molecule has 1 aliphatic carbocycles. The number of rotatable bonds is 5. The molecule has 0 radical (unpaired) electrons. The normalized spacial score (nSPS) is 31.4. The molecular formula is C15H29N3O. The molecule has 2 rings (SSSR count). The van der Waals surface area contributed by atoms with E-state index in [1.54, 1.807) is 0 Å². The topological polar surface area (TPSA) is 49.6 Å². The van der Waals surface area contributed by atoms with Crippen LogP contribution in [0.15, 0.2) is 0 Å². The number of nitrogens with zero attached hydrogens (tertiary/aromatic N) is 2. The highest BCUT2D eigenvalue weighted by Gasteiger charge is 2.34. The molecule has 3 unspecified atom stereocenters. The van der Waals surface area contributed by atoms with Gasteiger partial charge in [0.2, 0.25) is 5.91 Å². The van der Waals surface area contributed by atoms with Crippen molar-refractivity contribution in [3.05, 3.63) is 0 Å². The van der Waals surface area contributed by atoms with Crippen molar-refractivity contribution >= 4 is 5.91 Å². The van der Waals surface area contributed by atoms with Gasteiger partial charge in [-0.1, -0.05) is 13.8 Å². The van der Waals surface area contributed by atoms with Gasteiger partial charge in [0.05, 0.1) is 0 Å². The SMILES string of the molecule is CCN(CC)CC1CCN(C(=O)C2CCC(N)C2)C1. The molecule has 4 heteroatoms. The van der Waals surface area contributed by atoms with E-state index in [-0.39, 0.29) is 12.0 Å². The molecule has 2 fully saturated rings. The lowest BCUT2D eigenvalue weighted by atomic mass is 10.1. The van der Waals surface area contributed by atoms with Crippen LogP contribution in [-0.4, -0.2) is 54.5 Å². The third-order valence-electron chi connectivity index (χ3n) is 4.83. The third-order valence-corrected chi connectivity index (χ3v) is 4.83. The van der Waals surface area contributed by atoms with Gasteiger partial charge in [-0.2, -0.15) is 0 Å². The quantitative estimate of drug-likeness (QED) is 0.817. The summed E-state index contributed by atoms with van der Waals surface area (Å²) in [6, 6.07) is 0.253. The maximum atomic E-state index is 12.4. The van der Waals surface area contributed by atoms with Crippen LogP contribution in [-0.2, 0) is 4.79 Å². The standard InChI is InChI=1S/C15H29N3O/c1-3-17(4-2)10-12-7-8-18(11-12)15(19)13-5-6-14(16)9-13/h12-14H,3-11,16H2,1-2H3. The van der Waals surface area contributed by atoms with Gasteiger partial charge in [0, 0.05) is 31.6 Å². The van der Waals surface area contributed by atoms with Crippen molar-refractivity contribution in [2.24, 2.45) is 17.6 Å². The number of amides is 1. The summed E-state index contributed by atoms with van der Waals surface area (Å²) in [6.07, 6.45) is 4.08. The average molecular weight is 267 g/mol. The Morgan fingerprint density at radius 2 is 2.00 bits per heavy atom. The Hall–Kier alpha value is -0.610. The minimum Gasteiger partial charge on any atom is -0.342 e. The molecule has 110 valence electrons. The maximum Gasteiger partial charge on any atom is 0.225 e. The molecule has 0 aromatic carbocycles. The Kier molecular flexibility index (Phi) is 5.22. The van der Waals surface area contributed by atoms with E-state index in [0.717, 1.165) is 52.0 Å². The van der Waals surface area contributed by atoms with Gasteiger partial charge in [0.15, 0.2) is 0 Å². The molecule has 1 aliphatic heterocycles. The van der Waals surface area contributed by atoms with Crippen LogP contribution in [0.2, 0.25) is 0 Å². The monoisotopic (exact) mass is 267 g/mol. The summed E-state index contributed by atoms with van der Waals surface area (Å²) in [6.45, 7) is 9.69. The van der Waals surface area contributed by atoms with Gasteiger partial charge in [-0.25, -0.2) is 0 Å². The van der Waals surface area contributed by atoms with E-state index in [1.807, 2.05) is 0 Å². The minimum absolute atomic E-state index is 0.210. The van der Waals surface area contributed by atoms with Crippen LogP contribution < -0.4 is 5.73 Å². The van der Waals surface area contributed by atoms with E-state index >= 15 is 0 Å². The van der Waals surface area contributed by atoms with Crippen molar-refractivity contribution in [2.75, 3.05) is 32.7 Å². The van der Waals surface area contributed by atoms with Gasteiger partial charge in [-0.3, -0.25) is 4.79 Å². The highest BCUT2D eigenvalue weighted by molar-refractivity contribution is 5.79. The van der Waals surface area contributed by atoms with Crippen LogP contribution in [0.1, 0.15) is 39.5 Å². The first-order valence-electron chi connectivity index (χ1n) is 7.90. The number of hydrogen-bond donors (Lipinski definition) is 1. The lowest BCUT2D eigenvalue weighted by Gasteiger charge is -2.24. The molecule has 0 spiro atoms. The van der Waals surface area contributed by atoms with Crippen molar-refractivity contribution in [1.29, 1.82) is 0 Å². The number of carbonyl (C=O) groups excluding carboxylic acids is 1. The molecule has 0 aromatic rings. The Bertz CT molecular complexity index is 304. The molecule has 0 bridgehead atoms. The van der Waals surface area contributed by atoms with E-state index in [9.17, 15) is 4.79 Å². The lowest BCUT2D eigenvalue weighted by molar-refractivity contribution is -0.134. The van der Waals surface area contributed by atoms with E-state index in [1.165, 1.54) is 6.42 Å². The van der Waals surface area contributed by atoms with Crippen LogP contribution >= 0.6 is 0 Å². The fraction of sp³-hybridized carbons (Fsp3) is 0.933. The summed E-state index contributed by atoms with van der Waals surface area (Å²) in [7, 11) is 0. The smallest absolute Gasteiger partial charge is 0.225 e.